The molecule has 5 N–H and O–H groups in total. The van der Waals surface area contributed by atoms with E-state index in [2.05, 4.69) is 10.2 Å². The highest BCUT2D eigenvalue weighted by molar-refractivity contribution is 5.78. The molecule has 0 unspecified atom stereocenters. The second-order valence-electron chi connectivity index (χ2n) is 4.41. The molecule has 2 heterocycles. The van der Waals surface area contributed by atoms with E-state index in [0.29, 0.717) is 0 Å². The summed E-state index contributed by atoms with van der Waals surface area (Å²) in [4.78, 5) is 49.5. The fourth-order valence-corrected chi connectivity index (χ4v) is 1.99. The Hall–Kier alpha value is -3.76. The summed E-state index contributed by atoms with van der Waals surface area (Å²) in [5, 5.41) is 21.5. The van der Waals surface area contributed by atoms with Crippen LogP contribution in [-0.4, -0.2) is 35.5 Å². The Kier molecular flexibility index (Phi) is 3.22. The molecule has 11 heteroatoms. The fraction of sp³-hybridized carbons (Fsp3) is 0. The number of H-pyrrole nitrogens is 4. The predicted molar refractivity (Wildman–Crippen MR) is 77.1 cm³/mol. The number of aromatic amines is 4. The summed E-state index contributed by atoms with van der Waals surface area (Å²) in [6, 6.07) is 4.19. The van der Waals surface area contributed by atoms with Crippen LogP contribution in [0.15, 0.2) is 37.4 Å². The highest BCUT2D eigenvalue weighted by Gasteiger charge is 2.17. The number of rotatable bonds is 2. The highest BCUT2D eigenvalue weighted by Crippen LogP contribution is 2.33. The van der Waals surface area contributed by atoms with Crippen LogP contribution in [0.1, 0.15) is 0 Å². The van der Waals surface area contributed by atoms with Crippen LogP contribution in [-0.2, 0) is 0 Å². The molecule has 2 aromatic heterocycles. The summed E-state index contributed by atoms with van der Waals surface area (Å²) in [5.74, 6) is -0.456. The van der Waals surface area contributed by atoms with E-state index >= 15 is 0 Å². The summed E-state index contributed by atoms with van der Waals surface area (Å²) < 4.78 is 0. The predicted octanol–water partition coefficient (Wildman–Crippen LogP) is -1.73. The Morgan fingerprint density at radius 3 is 1.61 bits per heavy atom. The summed E-state index contributed by atoms with van der Waals surface area (Å²) in [5.41, 5.74) is -3.76. The molecule has 0 saturated carbocycles. The number of hydrogen-bond acceptors (Lipinski definition) is 7. The number of aromatic nitrogens is 6. The Bertz CT molecular complexity index is 1040. The fourth-order valence-electron chi connectivity index (χ4n) is 1.99. The van der Waals surface area contributed by atoms with Gasteiger partial charge in [-0.1, -0.05) is 6.07 Å². The van der Waals surface area contributed by atoms with Crippen molar-refractivity contribution in [3.63, 3.8) is 0 Å². The van der Waals surface area contributed by atoms with E-state index in [-0.39, 0.29) is 22.5 Å². The van der Waals surface area contributed by atoms with Gasteiger partial charge < -0.3 is 5.11 Å². The van der Waals surface area contributed by atoms with Crippen LogP contribution in [0.3, 0.4) is 0 Å². The zero-order chi connectivity index (χ0) is 16.6. The van der Waals surface area contributed by atoms with Crippen LogP contribution in [0.5, 0.6) is 5.75 Å². The molecule has 0 aliphatic carbocycles. The molecule has 0 aliphatic rings. The first-order valence-electron chi connectivity index (χ1n) is 6.18. The van der Waals surface area contributed by atoms with Gasteiger partial charge in [-0.15, -0.1) is 0 Å². The van der Waals surface area contributed by atoms with Crippen molar-refractivity contribution in [1.29, 1.82) is 0 Å². The van der Waals surface area contributed by atoms with Crippen LogP contribution in [0.25, 0.3) is 22.5 Å². The number of hydrogen-bond donors (Lipinski definition) is 5. The first-order valence-corrected chi connectivity index (χ1v) is 6.18. The summed E-state index contributed by atoms with van der Waals surface area (Å²) in [7, 11) is 0. The number of para-hydroxylation sites is 1. The van der Waals surface area contributed by atoms with E-state index in [4.69, 9.17) is 0 Å². The molecule has 0 saturated heterocycles. The van der Waals surface area contributed by atoms with Crippen molar-refractivity contribution >= 4 is 0 Å². The molecule has 23 heavy (non-hydrogen) atoms. The van der Waals surface area contributed by atoms with Gasteiger partial charge in [0.1, 0.15) is 5.75 Å². The standard InChI is InChI=1S/C12H8N6O5/c19-8-4(6-9(20)13-11(22)17-15-6)2-1-3-5(8)7-10(21)14-12(23)18-16-7/h1-3,19H,(H2,13,17,20,22)(H2,14,18,21,23). The van der Waals surface area contributed by atoms with E-state index in [1.807, 2.05) is 20.2 Å². The molecule has 1 aromatic carbocycles. The van der Waals surface area contributed by atoms with Crippen LogP contribution < -0.4 is 22.5 Å². The lowest BCUT2D eigenvalue weighted by atomic mass is 10.0. The second kappa shape index (κ2) is 5.22. The Morgan fingerprint density at radius 2 is 1.22 bits per heavy atom. The third kappa shape index (κ3) is 2.46. The molecule has 0 atom stereocenters. The zero-order valence-corrected chi connectivity index (χ0v) is 11.2. The quantitative estimate of drug-likeness (QED) is 0.372. The second-order valence-corrected chi connectivity index (χ2v) is 4.41. The average Bonchev–Trinajstić information content (AvgIpc) is 2.49. The van der Waals surface area contributed by atoms with E-state index in [0.717, 1.165) is 0 Å². The van der Waals surface area contributed by atoms with Gasteiger partial charge in [-0.2, -0.15) is 10.2 Å². The van der Waals surface area contributed by atoms with Gasteiger partial charge in [0.05, 0.1) is 11.1 Å². The number of aromatic hydroxyl groups is 1. The molecule has 11 nitrogen and oxygen atoms in total. The molecule has 3 aromatic rings. The third-order valence-corrected chi connectivity index (χ3v) is 2.97. The van der Waals surface area contributed by atoms with Crippen molar-refractivity contribution in [2.75, 3.05) is 0 Å². The molecule has 0 spiro atoms. The lowest BCUT2D eigenvalue weighted by molar-refractivity contribution is 0.478. The van der Waals surface area contributed by atoms with Gasteiger partial charge in [-0.05, 0) is 12.1 Å². The maximum Gasteiger partial charge on any atom is 0.342 e. The zero-order valence-electron chi connectivity index (χ0n) is 11.2. The topological polar surface area (TPSA) is 177 Å². The summed E-state index contributed by atoms with van der Waals surface area (Å²) in [6.07, 6.45) is 0. The van der Waals surface area contributed by atoms with Crippen molar-refractivity contribution in [2.24, 2.45) is 0 Å². The summed E-state index contributed by atoms with van der Waals surface area (Å²) in [6.45, 7) is 0. The average molecular weight is 316 g/mol. The number of nitrogens with one attached hydrogen (secondary N) is 4. The molecule has 0 amide bonds. The first kappa shape index (κ1) is 14.2. The van der Waals surface area contributed by atoms with Crippen molar-refractivity contribution in [3.05, 3.63) is 59.9 Å². The number of phenols is 1. The lowest BCUT2D eigenvalue weighted by Gasteiger charge is -2.07. The minimum atomic E-state index is -0.815. The maximum absolute atomic E-state index is 11.8. The highest BCUT2D eigenvalue weighted by atomic mass is 16.3. The lowest BCUT2D eigenvalue weighted by Crippen LogP contribution is -2.26. The van der Waals surface area contributed by atoms with Crippen LogP contribution in [0.4, 0.5) is 0 Å². The normalized spacial score (nSPS) is 10.6. The molecule has 3 rings (SSSR count). The maximum atomic E-state index is 11.8. The van der Waals surface area contributed by atoms with E-state index in [1.165, 1.54) is 18.2 Å². The van der Waals surface area contributed by atoms with E-state index in [1.54, 1.807) is 0 Å². The van der Waals surface area contributed by atoms with E-state index in [9.17, 15) is 24.3 Å². The Labute approximate surface area is 124 Å². The summed E-state index contributed by atoms with van der Waals surface area (Å²) >= 11 is 0. The molecular weight excluding hydrogens is 308 g/mol. The van der Waals surface area contributed by atoms with Crippen LogP contribution >= 0.6 is 0 Å². The number of phenolic OH excluding ortho intramolecular Hbond substituents is 1. The molecule has 116 valence electrons. The van der Waals surface area contributed by atoms with Gasteiger partial charge in [0.15, 0.2) is 11.4 Å². The largest absolute Gasteiger partial charge is 0.507 e. The van der Waals surface area contributed by atoms with E-state index < -0.39 is 28.2 Å². The monoisotopic (exact) mass is 316 g/mol. The van der Waals surface area contributed by atoms with Gasteiger partial charge in [0, 0.05) is 0 Å². The van der Waals surface area contributed by atoms with Gasteiger partial charge in [0.2, 0.25) is 0 Å². The van der Waals surface area contributed by atoms with Crippen molar-refractivity contribution in [3.8, 4) is 28.3 Å². The van der Waals surface area contributed by atoms with Crippen LogP contribution in [0.2, 0.25) is 0 Å². The van der Waals surface area contributed by atoms with Crippen LogP contribution in [0, 0.1) is 0 Å². The number of benzene rings is 1. The Morgan fingerprint density at radius 1 is 0.783 bits per heavy atom. The molecule has 0 aliphatic heterocycles. The SMILES string of the molecule is O=c1[nH]nc(-c2cccc(-c3n[nH]c(=O)[nH]c3=O)c2O)c(=O)[nH]1. The molecule has 0 bridgehead atoms. The molecule has 0 radical (unpaired) electrons. The van der Waals surface area contributed by atoms with Gasteiger partial charge >= 0.3 is 11.4 Å². The minimum Gasteiger partial charge on any atom is -0.507 e. The smallest absolute Gasteiger partial charge is 0.342 e. The van der Waals surface area contributed by atoms with Gasteiger partial charge in [0.25, 0.3) is 11.1 Å². The first-order chi connectivity index (χ1) is 11.0. The molecule has 0 fully saturated rings. The van der Waals surface area contributed by atoms with Gasteiger partial charge in [-0.25, -0.2) is 19.8 Å². The molecular formula is C12H8N6O5. The third-order valence-electron chi connectivity index (χ3n) is 2.97. The minimum absolute atomic E-state index is 0.0209. The van der Waals surface area contributed by atoms with Gasteiger partial charge in [-0.3, -0.25) is 19.6 Å². The number of nitrogens with zero attached hydrogens (tertiary/aromatic N) is 2. The Balaban J connectivity index is 2.27. The van der Waals surface area contributed by atoms with Crippen molar-refractivity contribution < 1.29 is 5.11 Å². The van der Waals surface area contributed by atoms with Crippen molar-refractivity contribution in [2.45, 2.75) is 0 Å². The van der Waals surface area contributed by atoms with Crippen molar-refractivity contribution in [1.82, 2.24) is 30.4 Å².